The number of carbonyl (C=O) groups is 2. The van der Waals surface area contributed by atoms with E-state index >= 15 is 0 Å². The van der Waals surface area contributed by atoms with Crippen LogP contribution in [-0.4, -0.2) is 53.8 Å². The van der Waals surface area contributed by atoms with E-state index in [2.05, 4.69) is 24.1 Å². The molecule has 0 radical (unpaired) electrons. The van der Waals surface area contributed by atoms with E-state index in [0.717, 1.165) is 38.0 Å². The van der Waals surface area contributed by atoms with Gasteiger partial charge in [-0.15, -0.1) is 0 Å². The first-order chi connectivity index (χ1) is 11.2. The summed E-state index contributed by atoms with van der Waals surface area (Å²) in [6.07, 6.45) is 5.42. The lowest BCUT2D eigenvalue weighted by Gasteiger charge is -2.35. The van der Waals surface area contributed by atoms with E-state index in [-0.39, 0.29) is 18.2 Å². The summed E-state index contributed by atoms with van der Waals surface area (Å²) in [6, 6.07) is 1.49. The second-order valence-electron chi connectivity index (χ2n) is 5.99. The molecule has 128 valence electrons. The molecule has 1 N–H and O–H groups in total. The Hall–Kier alpha value is -1.82. The Balaban J connectivity index is 2.02. The maximum absolute atomic E-state index is 12.6. The largest absolute Gasteiger partial charge is 0.472 e. The third-order valence-electron chi connectivity index (χ3n) is 4.12. The molecule has 1 unspecified atom stereocenters. The standard InChI is InChI=1S/C17H27N3O3/c1-3-7-19(8-4-2)16(21)11-15-17(22)18-6-9-20(15)12-14-5-10-23-13-14/h5,10,13,15H,3-4,6-9,11-12H2,1-2H3,(H,18,22). The molecule has 1 aliphatic heterocycles. The summed E-state index contributed by atoms with van der Waals surface area (Å²) in [5.41, 5.74) is 1.02. The Kier molecular flexibility index (Phi) is 6.65. The summed E-state index contributed by atoms with van der Waals surface area (Å²) in [4.78, 5) is 28.8. The Bertz CT molecular complexity index is 495. The number of furan rings is 1. The molecule has 1 saturated heterocycles. The molecule has 1 atom stereocenters. The van der Waals surface area contributed by atoms with Crippen molar-refractivity contribution in [2.45, 2.75) is 45.7 Å². The summed E-state index contributed by atoms with van der Waals surface area (Å²) < 4.78 is 5.10. The highest BCUT2D eigenvalue weighted by molar-refractivity contribution is 5.88. The lowest BCUT2D eigenvalue weighted by molar-refractivity contribution is -0.139. The molecule has 2 rings (SSSR count). The van der Waals surface area contributed by atoms with Gasteiger partial charge in [-0.1, -0.05) is 13.8 Å². The summed E-state index contributed by atoms with van der Waals surface area (Å²) in [5.74, 6) is 0.00832. The SMILES string of the molecule is CCCN(CCC)C(=O)CC1C(=O)NCCN1Cc1ccoc1. The number of carbonyl (C=O) groups excluding carboxylic acids is 2. The average molecular weight is 321 g/mol. The maximum Gasteiger partial charge on any atom is 0.237 e. The fraction of sp³-hybridized carbons (Fsp3) is 0.647. The van der Waals surface area contributed by atoms with E-state index in [1.54, 1.807) is 12.5 Å². The smallest absolute Gasteiger partial charge is 0.237 e. The van der Waals surface area contributed by atoms with Gasteiger partial charge in [-0.05, 0) is 18.9 Å². The van der Waals surface area contributed by atoms with Crippen molar-refractivity contribution in [3.05, 3.63) is 24.2 Å². The molecule has 23 heavy (non-hydrogen) atoms. The zero-order valence-corrected chi connectivity index (χ0v) is 14.1. The van der Waals surface area contributed by atoms with Crippen molar-refractivity contribution in [2.75, 3.05) is 26.2 Å². The van der Waals surface area contributed by atoms with Crippen LogP contribution < -0.4 is 5.32 Å². The lowest BCUT2D eigenvalue weighted by Crippen LogP contribution is -2.56. The minimum atomic E-state index is -0.401. The average Bonchev–Trinajstić information content (AvgIpc) is 3.03. The molecule has 6 nitrogen and oxygen atoms in total. The van der Waals surface area contributed by atoms with Gasteiger partial charge in [0.25, 0.3) is 0 Å². The molecule has 0 spiro atoms. The van der Waals surface area contributed by atoms with Crippen LogP contribution in [-0.2, 0) is 16.1 Å². The monoisotopic (exact) mass is 321 g/mol. The molecular weight excluding hydrogens is 294 g/mol. The van der Waals surface area contributed by atoms with Crippen molar-refractivity contribution in [1.29, 1.82) is 0 Å². The Morgan fingerprint density at radius 2 is 2.13 bits per heavy atom. The quantitative estimate of drug-likeness (QED) is 0.790. The van der Waals surface area contributed by atoms with Crippen LogP contribution in [0.4, 0.5) is 0 Å². The van der Waals surface area contributed by atoms with Crippen LogP contribution in [0.2, 0.25) is 0 Å². The van der Waals surface area contributed by atoms with Gasteiger partial charge in [-0.25, -0.2) is 0 Å². The van der Waals surface area contributed by atoms with Crippen molar-refractivity contribution in [1.82, 2.24) is 15.1 Å². The van der Waals surface area contributed by atoms with Gasteiger partial charge in [-0.2, -0.15) is 0 Å². The van der Waals surface area contributed by atoms with E-state index in [9.17, 15) is 9.59 Å². The topological polar surface area (TPSA) is 65.8 Å². The number of rotatable bonds is 8. The van der Waals surface area contributed by atoms with Gasteiger partial charge in [0.1, 0.15) is 0 Å². The Morgan fingerprint density at radius 1 is 1.39 bits per heavy atom. The van der Waals surface area contributed by atoms with Crippen LogP contribution in [0.1, 0.15) is 38.7 Å². The second kappa shape index (κ2) is 8.72. The number of nitrogens with zero attached hydrogens (tertiary/aromatic N) is 2. The fourth-order valence-corrected chi connectivity index (χ4v) is 2.99. The van der Waals surface area contributed by atoms with Gasteiger partial charge in [0.2, 0.25) is 11.8 Å². The van der Waals surface area contributed by atoms with Crippen molar-refractivity contribution in [3.63, 3.8) is 0 Å². The molecule has 2 heterocycles. The summed E-state index contributed by atoms with van der Waals surface area (Å²) in [6.45, 7) is 7.63. The normalized spacial score (nSPS) is 18.7. The van der Waals surface area contributed by atoms with Crippen molar-refractivity contribution >= 4 is 11.8 Å². The zero-order chi connectivity index (χ0) is 16.7. The minimum absolute atomic E-state index is 0.0546. The van der Waals surface area contributed by atoms with Crippen LogP contribution in [0.3, 0.4) is 0 Å². The Labute approximate surface area is 137 Å². The highest BCUT2D eigenvalue weighted by atomic mass is 16.3. The highest BCUT2D eigenvalue weighted by Gasteiger charge is 2.32. The van der Waals surface area contributed by atoms with Crippen molar-refractivity contribution < 1.29 is 14.0 Å². The van der Waals surface area contributed by atoms with E-state index < -0.39 is 6.04 Å². The van der Waals surface area contributed by atoms with Crippen LogP contribution in [0, 0.1) is 0 Å². The van der Waals surface area contributed by atoms with E-state index in [1.807, 2.05) is 11.0 Å². The van der Waals surface area contributed by atoms with E-state index in [4.69, 9.17) is 4.42 Å². The number of hydrogen-bond donors (Lipinski definition) is 1. The molecule has 0 aromatic carbocycles. The molecule has 1 aromatic heterocycles. The van der Waals surface area contributed by atoms with E-state index in [0.29, 0.717) is 13.1 Å². The number of nitrogens with one attached hydrogen (secondary N) is 1. The van der Waals surface area contributed by atoms with Crippen molar-refractivity contribution in [2.24, 2.45) is 0 Å². The number of piperazine rings is 1. The maximum atomic E-state index is 12.6. The highest BCUT2D eigenvalue weighted by Crippen LogP contribution is 2.15. The molecule has 0 bridgehead atoms. The van der Waals surface area contributed by atoms with Crippen LogP contribution in [0.15, 0.2) is 23.0 Å². The number of hydrogen-bond acceptors (Lipinski definition) is 4. The first kappa shape index (κ1) is 17.5. The van der Waals surface area contributed by atoms with Crippen molar-refractivity contribution in [3.8, 4) is 0 Å². The van der Waals surface area contributed by atoms with Crippen LogP contribution in [0.25, 0.3) is 0 Å². The predicted octanol–water partition coefficient (Wildman–Crippen LogP) is 1.62. The molecular formula is C17H27N3O3. The van der Waals surface area contributed by atoms with Gasteiger partial charge < -0.3 is 14.6 Å². The molecule has 1 aliphatic rings. The van der Waals surface area contributed by atoms with Gasteiger partial charge in [-0.3, -0.25) is 14.5 Å². The zero-order valence-electron chi connectivity index (χ0n) is 14.1. The first-order valence-electron chi connectivity index (χ1n) is 8.46. The molecule has 0 aliphatic carbocycles. The summed E-state index contributed by atoms with van der Waals surface area (Å²) in [7, 11) is 0. The molecule has 0 saturated carbocycles. The fourth-order valence-electron chi connectivity index (χ4n) is 2.99. The molecule has 1 fully saturated rings. The molecule has 1 aromatic rings. The molecule has 6 heteroatoms. The van der Waals surface area contributed by atoms with E-state index in [1.165, 1.54) is 0 Å². The predicted molar refractivity (Wildman–Crippen MR) is 87.7 cm³/mol. The minimum Gasteiger partial charge on any atom is -0.472 e. The summed E-state index contributed by atoms with van der Waals surface area (Å²) in [5, 5.41) is 2.88. The van der Waals surface area contributed by atoms with Gasteiger partial charge in [0, 0.05) is 38.3 Å². The van der Waals surface area contributed by atoms with Crippen LogP contribution >= 0.6 is 0 Å². The first-order valence-corrected chi connectivity index (χ1v) is 8.46. The Morgan fingerprint density at radius 3 is 2.74 bits per heavy atom. The second-order valence-corrected chi connectivity index (χ2v) is 5.99. The van der Waals surface area contributed by atoms with Crippen LogP contribution in [0.5, 0.6) is 0 Å². The van der Waals surface area contributed by atoms with Gasteiger partial charge >= 0.3 is 0 Å². The summed E-state index contributed by atoms with van der Waals surface area (Å²) >= 11 is 0. The lowest BCUT2D eigenvalue weighted by atomic mass is 10.1. The third-order valence-corrected chi connectivity index (χ3v) is 4.12. The van der Waals surface area contributed by atoms with Gasteiger partial charge in [0.05, 0.1) is 25.0 Å². The molecule has 2 amide bonds. The third kappa shape index (κ3) is 4.82. The number of amides is 2. The van der Waals surface area contributed by atoms with Gasteiger partial charge in [0.15, 0.2) is 0 Å².